The number of rotatable bonds is 3. The zero-order valence-corrected chi connectivity index (χ0v) is 10.6. The molecule has 0 aliphatic carbocycles. The Bertz CT molecular complexity index is 764. The molecule has 0 amide bonds. The minimum absolute atomic E-state index is 0.220. The monoisotopic (exact) mass is 283 g/mol. The minimum atomic E-state index is -0.817. The number of nitro groups is 1. The summed E-state index contributed by atoms with van der Waals surface area (Å²) >= 11 is 0. The van der Waals surface area contributed by atoms with Crippen LogP contribution in [0.25, 0.3) is 11.6 Å². The number of hydrogen-bond acceptors (Lipinski definition) is 6. The zero-order chi connectivity index (χ0) is 15.4. The van der Waals surface area contributed by atoms with Gasteiger partial charge < -0.3 is 10.2 Å². The maximum atomic E-state index is 10.8. The molecule has 0 fully saturated rings. The summed E-state index contributed by atoms with van der Waals surface area (Å²) in [5.41, 5.74) is 0.347. The first-order valence-electron chi connectivity index (χ1n) is 5.75. The first-order valence-corrected chi connectivity index (χ1v) is 5.75. The van der Waals surface area contributed by atoms with Crippen LogP contribution in [0.3, 0.4) is 0 Å². The van der Waals surface area contributed by atoms with Crippen LogP contribution in [0.15, 0.2) is 36.7 Å². The summed E-state index contributed by atoms with van der Waals surface area (Å²) in [6, 6.07) is 7.48. The van der Waals surface area contributed by atoms with Gasteiger partial charge in [0.1, 0.15) is 0 Å². The summed E-state index contributed by atoms with van der Waals surface area (Å²) in [5, 5.41) is 38.9. The van der Waals surface area contributed by atoms with Crippen molar-refractivity contribution in [3.8, 4) is 17.6 Å². The van der Waals surface area contributed by atoms with Crippen LogP contribution in [0.5, 0.6) is 11.5 Å². The normalized spacial score (nSPS) is 10.9. The number of aromatic nitrogens is 1. The van der Waals surface area contributed by atoms with Crippen molar-refractivity contribution in [1.82, 2.24) is 4.98 Å². The van der Waals surface area contributed by atoms with Gasteiger partial charge >= 0.3 is 5.69 Å². The quantitative estimate of drug-likeness (QED) is 0.386. The van der Waals surface area contributed by atoms with Crippen molar-refractivity contribution < 1.29 is 15.1 Å². The Morgan fingerprint density at radius 2 is 2.19 bits per heavy atom. The van der Waals surface area contributed by atoms with Crippen LogP contribution in [0.2, 0.25) is 0 Å². The molecule has 0 radical (unpaired) electrons. The molecule has 0 atom stereocenters. The van der Waals surface area contributed by atoms with Gasteiger partial charge in [-0.25, -0.2) is 0 Å². The molecular formula is C14H9N3O4. The van der Waals surface area contributed by atoms with Crippen LogP contribution < -0.4 is 0 Å². The maximum Gasteiger partial charge on any atom is 0.315 e. The molecule has 2 rings (SSSR count). The van der Waals surface area contributed by atoms with E-state index in [1.54, 1.807) is 18.3 Å². The number of nitriles is 1. The topological polar surface area (TPSA) is 120 Å². The Labute approximate surface area is 119 Å². The number of allylic oxidation sites excluding steroid dienone is 1. The molecule has 0 unspecified atom stereocenters. The molecule has 0 aliphatic heterocycles. The van der Waals surface area contributed by atoms with Crippen molar-refractivity contribution in [2.24, 2.45) is 0 Å². The highest BCUT2D eigenvalue weighted by Gasteiger charge is 2.18. The average Bonchev–Trinajstić information content (AvgIpc) is 2.48. The first kappa shape index (κ1) is 14.0. The van der Waals surface area contributed by atoms with Crippen LogP contribution in [0, 0.1) is 21.4 Å². The van der Waals surface area contributed by atoms with E-state index in [2.05, 4.69) is 4.98 Å². The third-order valence-corrected chi connectivity index (χ3v) is 2.69. The summed E-state index contributed by atoms with van der Waals surface area (Å²) < 4.78 is 0. The Hall–Kier alpha value is -3.40. The van der Waals surface area contributed by atoms with E-state index in [0.29, 0.717) is 5.56 Å². The number of phenolic OH excluding ortho intramolecular Hbond substituents is 2. The number of aromatic hydroxyl groups is 2. The third kappa shape index (κ3) is 2.96. The third-order valence-electron chi connectivity index (χ3n) is 2.69. The van der Waals surface area contributed by atoms with E-state index in [1.165, 1.54) is 12.3 Å². The SMILES string of the molecule is N#CC(=Cc1cc(O)c(O)c([N+](=O)[O-])c1)c1cccnc1. The zero-order valence-electron chi connectivity index (χ0n) is 10.6. The molecule has 2 N–H and O–H groups in total. The molecule has 21 heavy (non-hydrogen) atoms. The van der Waals surface area contributed by atoms with Gasteiger partial charge in [0.25, 0.3) is 0 Å². The minimum Gasteiger partial charge on any atom is -0.504 e. The summed E-state index contributed by atoms with van der Waals surface area (Å²) in [4.78, 5) is 13.9. The molecule has 0 bridgehead atoms. The van der Waals surface area contributed by atoms with E-state index in [1.807, 2.05) is 6.07 Å². The van der Waals surface area contributed by atoms with Crippen LogP contribution >= 0.6 is 0 Å². The van der Waals surface area contributed by atoms with E-state index in [0.717, 1.165) is 12.1 Å². The van der Waals surface area contributed by atoms with Crippen molar-refractivity contribution in [3.05, 3.63) is 57.9 Å². The smallest absolute Gasteiger partial charge is 0.315 e. The van der Waals surface area contributed by atoms with E-state index >= 15 is 0 Å². The second kappa shape index (κ2) is 5.71. The van der Waals surface area contributed by atoms with Gasteiger partial charge in [-0.2, -0.15) is 5.26 Å². The molecule has 7 heteroatoms. The number of phenols is 2. The lowest BCUT2D eigenvalue weighted by atomic mass is 10.0. The molecular weight excluding hydrogens is 274 g/mol. The van der Waals surface area contributed by atoms with Gasteiger partial charge in [-0.05, 0) is 23.8 Å². The second-order valence-electron chi connectivity index (χ2n) is 4.08. The Morgan fingerprint density at radius 3 is 2.76 bits per heavy atom. The Morgan fingerprint density at radius 1 is 1.43 bits per heavy atom. The van der Waals surface area contributed by atoms with Crippen molar-refractivity contribution >= 4 is 17.3 Å². The summed E-state index contributed by atoms with van der Waals surface area (Å²) in [6.07, 6.45) is 4.39. The maximum absolute atomic E-state index is 10.8. The van der Waals surface area contributed by atoms with Crippen molar-refractivity contribution in [2.45, 2.75) is 0 Å². The van der Waals surface area contributed by atoms with Crippen LogP contribution in [0.4, 0.5) is 5.69 Å². The molecule has 2 aromatic rings. The van der Waals surface area contributed by atoms with Gasteiger partial charge in [0.15, 0.2) is 5.75 Å². The predicted molar refractivity (Wildman–Crippen MR) is 74.1 cm³/mol. The fourth-order valence-corrected chi connectivity index (χ4v) is 1.72. The summed E-state index contributed by atoms with van der Waals surface area (Å²) in [6.45, 7) is 0. The Kier molecular flexibility index (Phi) is 3.81. The first-order chi connectivity index (χ1) is 10.0. The van der Waals surface area contributed by atoms with Crippen LogP contribution in [-0.2, 0) is 0 Å². The Balaban J connectivity index is 2.54. The highest BCUT2D eigenvalue weighted by Crippen LogP contribution is 2.36. The number of nitrogens with zero attached hydrogens (tertiary/aromatic N) is 3. The van der Waals surface area contributed by atoms with Gasteiger partial charge in [-0.3, -0.25) is 15.1 Å². The molecule has 0 saturated carbocycles. The lowest BCUT2D eigenvalue weighted by molar-refractivity contribution is -0.386. The van der Waals surface area contributed by atoms with Gasteiger partial charge in [-0.15, -0.1) is 0 Å². The summed E-state index contributed by atoms with van der Waals surface area (Å²) in [5.74, 6) is -1.43. The molecule has 0 spiro atoms. The highest BCUT2D eigenvalue weighted by molar-refractivity contribution is 5.90. The van der Waals surface area contributed by atoms with Gasteiger partial charge in [-0.1, -0.05) is 6.07 Å². The van der Waals surface area contributed by atoms with Crippen molar-refractivity contribution in [2.75, 3.05) is 0 Å². The number of hydrogen-bond donors (Lipinski definition) is 2. The van der Waals surface area contributed by atoms with Crippen LogP contribution in [0.1, 0.15) is 11.1 Å². The molecule has 104 valence electrons. The van der Waals surface area contributed by atoms with Gasteiger partial charge in [0.2, 0.25) is 5.75 Å². The molecule has 1 aromatic carbocycles. The molecule has 1 aromatic heterocycles. The largest absolute Gasteiger partial charge is 0.504 e. The molecule has 0 aliphatic rings. The lowest BCUT2D eigenvalue weighted by Gasteiger charge is -2.02. The highest BCUT2D eigenvalue weighted by atomic mass is 16.6. The van der Waals surface area contributed by atoms with E-state index in [4.69, 9.17) is 5.26 Å². The fourth-order valence-electron chi connectivity index (χ4n) is 1.72. The average molecular weight is 283 g/mol. The lowest BCUT2D eigenvalue weighted by Crippen LogP contribution is -1.90. The van der Waals surface area contributed by atoms with Crippen molar-refractivity contribution in [1.29, 1.82) is 5.26 Å². The number of nitro benzene ring substituents is 1. The standard InChI is InChI=1S/C14H9N3O4/c15-7-11(10-2-1-3-16-8-10)4-9-5-12(17(20)21)14(19)13(18)6-9/h1-6,8,18-19H. The van der Waals surface area contributed by atoms with E-state index < -0.39 is 22.1 Å². The molecule has 0 saturated heterocycles. The predicted octanol–water partition coefficient (Wildman–Crippen LogP) is 2.47. The number of pyridine rings is 1. The van der Waals surface area contributed by atoms with Gasteiger partial charge in [0.05, 0.1) is 16.6 Å². The number of benzene rings is 1. The second-order valence-corrected chi connectivity index (χ2v) is 4.08. The van der Waals surface area contributed by atoms with Crippen LogP contribution in [-0.4, -0.2) is 20.1 Å². The van der Waals surface area contributed by atoms with E-state index in [9.17, 15) is 20.3 Å². The van der Waals surface area contributed by atoms with Crippen molar-refractivity contribution in [3.63, 3.8) is 0 Å². The molecule has 7 nitrogen and oxygen atoms in total. The summed E-state index contributed by atoms with van der Waals surface area (Å²) in [7, 11) is 0. The fraction of sp³-hybridized carbons (Fsp3) is 0. The molecule has 1 heterocycles. The van der Waals surface area contributed by atoms with E-state index in [-0.39, 0.29) is 11.1 Å². The van der Waals surface area contributed by atoms with Gasteiger partial charge in [0, 0.05) is 24.0 Å².